The number of carboxylic acid groups (broad SMARTS) is 1. The molecule has 1 fully saturated rings. The molecule has 2 N–H and O–H groups in total. The van der Waals surface area contributed by atoms with Crippen molar-refractivity contribution in [1.82, 2.24) is 10.2 Å². The smallest absolute Gasteiger partial charge is 0.317 e. The molecule has 0 spiro atoms. The number of rotatable bonds is 6. The van der Waals surface area contributed by atoms with Crippen LogP contribution in [0.1, 0.15) is 18.9 Å². The fraction of sp³-hybridized carbons (Fsp3) is 0.500. The van der Waals surface area contributed by atoms with Crippen LogP contribution in [-0.4, -0.2) is 51.6 Å². The van der Waals surface area contributed by atoms with Gasteiger partial charge in [0.05, 0.1) is 5.41 Å². The third kappa shape index (κ3) is 4.79. The average molecular weight is 338 g/mol. The van der Waals surface area contributed by atoms with E-state index in [1.54, 1.807) is 6.92 Å². The molecule has 0 radical (unpaired) electrons. The Morgan fingerprint density at radius 2 is 2.04 bits per heavy atom. The molecule has 1 aromatic carbocycles. The standard InChI is InChI=1S/C16H22N2O4S/c1-16(14(19)20)7-9-18(12-16)15(21)17-8-10-23(22)11-13-5-3-2-4-6-13/h2-6H,7-12H2,1H3,(H,17,21)(H,19,20). The van der Waals surface area contributed by atoms with Crippen molar-refractivity contribution < 1.29 is 18.9 Å². The van der Waals surface area contributed by atoms with Gasteiger partial charge in [-0.2, -0.15) is 0 Å². The summed E-state index contributed by atoms with van der Waals surface area (Å²) in [6.45, 7) is 2.61. The fourth-order valence-electron chi connectivity index (χ4n) is 2.52. The topological polar surface area (TPSA) is 86.7 Å². The van der Waals surface area contributed by atoms with Crippen LogP contribution < -0.4 is 5.32 Å². The number of aliphatic carboxylic acids is 1. The number of hydrogen-bond donors (Lipinski definition) is 2. The molecule has 2 atom stereocenters. The molecule has 1 aromatic rings. The number of benzene rings is 1. The molecule has 23 heavy (non-hydrogen) atoms. The predicted octanol–water partition coefficient (Wildman–Crippen LogP) is 1.44. The quantitative estimate of drug-likeness (QED) is 0.822. The molecule has 1 aliphatic heterocycles. The molecular weight excluding hydrogens is 316 g/mol. The van der Waals surface area contributed by atoms with Crippen molar-refractivity contribution >= 4 is 22.8 Å². The van der Waals surface area contributed by atoms with Crippen molar-refractivity contribution in [3.8, 4) is 0 Å². The van der Waals surface area contributed by atoms with Crippen LogP contribution in [0.3, 0.4) is 0 Å². The minimum Gasteiger partial charge on any atom is -0.481 e. The molecule has 6 nitrogen and oxygen atoms in total. The van der Waals surface area contributed by atoms with Gasteiger partial charge in [0.1, 0.15) is 0 Å². The zero-order valence-corrected chi connectivity index (χ0v) is 14.0. The highest BCUT2D eigenvalue weighted by Gasteiger charge is 2.42. The zero-order valence-electron chi connectivity index (χ0n) is 13.2. The van der Waals surface area contributed by atoms with Crippen LogP contribution in [0, 0.1) is 5.41 Å². The number of likely N-dealkylation sites (tertiary alicyclic amines) is 1. The highest BCUT2D eigenvalue weighted by molar-refractivity contribution is 7.84. The Hall–Kier alpha value is -1.89. The molecule has 2 rings (SSSR count). The summed E-state index contributed by atoms with van der Waals surface area (Å²) in [5.74, 6) is -0.0286. The second kappa shape index (κ2) is 7.59. The molecule has 0 aliphatic carbocycles. The van der Waals surface area contributed by atoms with E-state index in [-0.39, 0.29) is 12.6 Å². The van der Waals surface area contributed by atoms with E-state index < -0.39 is 22.2 Å². The van der Waals surface area contributed by atoms with Gasteiger partial charge in [-0.15, -0.1) is 0 Å². The Kier molecular flexibility index (Phi) is 5.76. The maximum absolute atomic E-state index is 12.0. The molecule has 1 saturated heterocycles. The third-order valence-electron chi connectivity index (χ3n) is 4.05. The lowest BCUT2D eigenvalue weighted by Gasteiger charge is -2.20. The number of urea groups is 1. The monoisotopic (exact) mass is 338 g/mol. The molecule has 2 unspecified atom stereocenters. The number of carboxylic acids is 1. The minimum atomic E-state index is -1.04. The number of hydrogen-bond acceptors (Lipinski definition) is 3. The summed E-state index contributed by atoms with van der Waals surface area (Å²) in [6.07, 6.45) is 0.454. The average Bonchev–Trinajstić information content (AvgIpc) is 2.92. The Morgan fingerprint density at radius 1 is 1.35 bits per heavy atom. The summed E-state index contributed by atoms with van der Waals surface area (Å²) in [4.78, 5) is 24.7. The summed E-state index contributed by atoms with van der Waals surface area (Å²) in [5, 5.41) is 11.9. The summed E-state index contributed by atoms with van der Waals surface area (Å²) in [7, 11) is -1.04. The molecular formula is C16H22N2O4S. The summed E-state index contributed by atoms with van der Waals surface area (Å²) in [6, 6.07) is 9.28. The molecule has 2 amide bonds. The second-order valence-electron chi connectivity index (χ2n) is 6.04. The van der Waals surface area contributed by atoms with Crippen LogP contribution in [0.4, 0.5) is 4.79 Å². The Balaban J connectivity index is 1.71. The first-order valence-corrected chi connectivity index (χ1v) is 9.04. The maximum atomic E-state index is 12.0. The first-order valence-electron chi connectivity index (χ1n) is 7.56. The van der Waals surface area contributed by atoms with E-state index in [0.717, 1.165) is 5.56 Å². The number of carbonyl (C=O) groups is 2. The number of amides is 2. The van der Waals surface area contributed by atoms with Gasteiger partial charge in [-0.1, -0.05) is 30.3 Å². The van der Waals surface area contributed by atoms with Crippen LogP contribution in [0.2, 0.25) is 0 Å². The van der Waals surface area contributed by atoms with Crippen molar-refractivity contribution in [2.45, 2.75) is 19.1 Å². The van der Waals surface area contributed by atoms with Gasteiger partial charge in [-0.25, -0.2) is 4.79 Å². The zero-order chi connectivity index (χ0) is 16.9. The second-order valence-corrected chi connectivity index (χ2v) is 7.62. The summed E-state index contributed by atoms with van der Waals surface area (Å²) < 4.78 is 12.0. The van der Waals surface area contributed by atoms with Gasteiger partial charge in [-0.3, -0.25) is 9.00 Å². The lowest BCUT2D eigenvalue weighted by Crippen LogP contribution is -2.42. The van der Waals surface area contributed by atoms with Crippen molar-refractivity contribution in [2.75, 3.05) is 25.4 Å². The van der Waals surface area contributed by atoms with E-state index in [4.69, 9.17) is 5.11 Å². The number of carbonyl (C=O) groups excluding carboxylic acids is 1. The van der Waals surface area contributed by atoms with Gasteiger partial charge in [0.2, 0.25) is 0 Å². The Bertz CT molecular complexity index is 593. The molecule has 0 bridgehead atoms. The van der Waals surface area contributed by atoms with Crippen molar-refractivity contribution in [3.63, 3.8) is 0 Å². The van der Waals surface area contributed by atoms with Crippen molar-refractivity contribution in [1.29, 1.82) is 0 Å². The first kappa shape index (κ1) is 17.5. The minimum absolute atomic E-state index is 0.210. The lowest BCUT2D eigenvalue weighted by molar-refractivity contribution is -0.146. The highest BCUT2D eigenvalue weighted by atomic mass is 32.2. The van der Waals surface area contributed by atoms with Crippen LogP contribution in [-0.2, 0) is 21.3 Å². The SMILES string of the molecule is CC1(C(=O)O)CCN(C(=O)NCCS(=O)Cc2ccccc2)C1. The van der Waals surface area contributed by atoms with Gasteiger partial charge < -0.3 is 15.3 Å². The van der Waals surface area contributed by atoms with Crippen LogP contribution >= 0.6 is 0 Å². The van der Waals surface area contributed by atoms with Gasteiger partial charge in [-0.05, 0) is 18.9 Å². The van der Waals surface area contributed by atoms with Crippen molar-refractivity contribution in [3.05, 3.63) is 35.9 Å². The highest BCUT2D eigenvalue weighted by Crippen LogP contribution is 2.29. The van der Waals surface area contributed by atoms with Crippen LogP contribution in [0.25, 0.3) is 0 Å². The summed E-state index contributed by atoms with van der Waals surface area (Å²) in [5.41, 5.74) is 0.141. The number of nitrogens with one attached hydrogen (secondary N) is 1. The first-order chi connectivity index (χ1) is 10.9. The van der Waals surface area contributed by atoms with Gasteiger partial charge >= 0.3 is 12.0 Å². The molecule has 1 heterocycles. The van der Waals surface area contributed by atoms with Gasteiger partial charge in [0, 0.05) is 41.9 Å². The molecule has 0 aromatic heterocycles. The Morgan fingerprint density at radius 3 is 2.65 bits per heavy atom. The van der Waals surface area contributed by atoms with E-state index in [2.05, 4.69) is 5.32 Å². The largest absolute Gasteiger partial charge is 0.481 e. The van der Waals surface area contributed by atoms with Crippen LogP contribution in [0.5, 0.6) is 0 Å². The fourth-order valence-corrected chi connectivity index (χ4v) is 3.56. The van der Waals surface area contributed by atoms with Gasteiger partial charge in [0.25, 0.3) is 0 Å². The lowest BCUT2D eigenvalue weighted by atomic mass is 9.90. The summed E-state index contributed by atoms with van der Waals surface area (Å²) >= 11 is 0. The van der Waals surface area contributed by atoms with Gasteiger partial charge in [0.15, 0.2) is 0 Å². The maximum Gasteiger partial charge on any atom is 0.317 e. The third-order valence-corrected chi connectivity index (χ3v) is 5.37. The van der Waals surface area contributed by atoms with E-state index in [9.17, 15) is 13.8 Å². The van der Waals surface area contributed by atoms with Crippen molar-refractivity contribution in [2.24, 2.45) is 5.41 Å². The molecule has 1 aliphatic rings. The Labute approximate surface area is 138 Å². The normalized spacial score (nSPS) is 21.9. The van der Waals surface area contributed by atoms with E-state index >= 15 is 0 Å². The molecule has 126 valence electrons. The van der Waals surface area contributed by atoms with E-state index in [0.29, 0.717) is 31.0 Å². The van der Waals surface area contributed by atoms with Crippen LogP contribution in [0.15, 0.2) is 30.3 Å². The number of nitrogens with zero attached hydrogens (tertiary/aromatic N) is 1. The van der Waals surface area contributed by atoms with E-state index in [1.165, 1.54) is 4.90 Å². The molecule has 0 saturated carbocycles. The van der Waals surface area contributed by atoms with E-state index in [1.807, 2.05) is 30.3 Å². The predicted molar refractivity (Wildman–Crippen MR) is 88.5 cm³/mol. The molecule has 7 heteroatoms.